The van der Waals surface area contributed by atoms with Crippen LogP contribution in [0, 0.1) is 0 Å². The van der Waals surface area contributed by atoms with E-state index < -0.39 is 0 Å². The Morgan fingerprint density at radius 3 is 2.35 bits per heavy atom. The van der Waals surface area contributed by atoms with Crippen molar-refractivity contribution in [2.75, 3.05) is 18.6 Å². The fourth-order valence-corrected chi connectivity index (χ4v) is 4.00. The summed E-state index contributed by atoms with van der Waals surface area (Å²) in [6.07, 6.45) is 7.33. The van der Waals surface area contributed by atoms with Crippen molar-refractivity contribution in [3.63, 3.8) is 0 Å². The fraction of sp³-hybridized carbons (Fsp3) is 0.647. The first-order chi connectivity index (χ1) is 9.81. The van der Waals surface area contributed by atoms with E-state index in [9.17, 15) is 0 Å². The summed E-state index contributed by atoms with van der Waals surface area (Å²) in [7, 11) is 2.10. The summed E-state index contributed by atoms with van der Waals surface area (Å²) >= 11 is 0. The molecule has 0 radical (unpaired) electrons. The van der Waals surface area contributed by atoms with Gasteiger partial charge in [0.1, 0.15) is 0 Å². The predicted octanol–water partition coefficient (Wildman–Crippen LogP) is 2.33. The van der Waals surface area contributed by atoms with Gasteiger partial charge in [-0.15, -0.1) is 0 Å². The molecular formula is C17H26N2O. The predicted molar refractivity (Wildman–Crippen MR) is 83.2 cm³/mol. The molecule has 3 nitrogen and oxygen atoms in total. The van der Waals surface area contributed by atoms with Gasteiger partial charge in [0.05, 0.1) is 0 Å². The SMILES string of the molecule is CNC1CC2CCCC(C1)N2c1ccc(CCO)cc1. The highest BCUT2D eigenvalue weighted by atomic mass is 16.2. The molecule has 1 aromatic carbocycles. The summed E-state index contributed by atoms with van der Waals surface area (Å²) in [5.41, 5.74) is 2.60. The number of rotatable bonds is 4. The molecule has 110 valence electrons. The highest BCUT2D eigenvalue weighted by Gasteiger charge is 2.37. The van der Waals surface area contributed by atoms with Crippen LogP contribution in [0.15, 0.2) is 24.3 Å². The van der Waals surface area contributed by atoms with Gasteiger partial charge < -0.3 is 15.3 Å². The molecule has 2 aliphatic heterocycles. The number of nitrogens with zero attached hydrogens (tertiary/aromatic N) is 1. The molecule has 0 amide bonds. The highest BCUT2D eigenvalue weighted by Crippen LogP contribution is 2.37. The lowest BCUT2D eigenvalue weighted by Gasteiger charge is -2.50. The molecule has 2 aliphatic rings. The molecule has 2 saturated heterocycles. The topological polar surface area (TPSA) is 35.5 Å². The Labute approximate surface area is 122 Å². The van der Waals surface area contributed by atoms with Gasteiger partial charge in [0, 0.05) is 30.4 Å². The van der Waals surface area contributed by atoms with Crippen LogP contribution in [0.3, 0.4) is 0 Å². The first-order valence-corrected chi connectivity index (χ1v) is 7.97. The maximum Gasteiger partial charge on any atom is 0.0471 e. The number of aliphatic hydroxyl groups is 1. The zero-order valence-corrected chi connectivity index (χ0v) is 12.4. The van der Waals surface area contributed by atoms with Crippen molar-refractivity contribution in [3.8, 4) is 0 Å². The average Bonchev–Trinajstić information content (AvgIpc) is 2.47. The van der Waals surface area contributed by atoms with Gasteiger partial charge in [-0.2, -0.15) is 0 Å². The van der Waals surface area contributed by atoms with E-state index in [1.54, 1.807) is 0 Å². The maximum atomic E-state index is 9.01. The van der Waals surface area contributed by atoms with Gasteiger partial charge in [-0.3, -0.25) is 0 Å². The number of fused-ring (bicyclic) bond motifs is 2. The molecule has 2 bridgehead atoms. The summed E-state index contributed by atoms with van der Waals surface area (Å²) in [6.45, 7) is 0.234. The Balaban J connectivity index is 1.78. The van der Waals surface area contributed by atoms with E-state index in [2.05, 4.69) is 41.5 Å². The lowest BCUT2D eigenvalue weighted by atomic mass is 9.81. The number of piperidine rings is 2. The molecule has 2 heterocycles. The van der Waals surface area contributed by atoms with Crippen LogP contribution < -0.4 is 10.2 Å². The molecule has 3 heteroatoms. The number of anilines is 1. The Bertz CT molecular complexity index is 417. The van der Waals surface area contributed by atoms with Gasteiger partial charge in [0.15, 0.2) is 0 Å². The standard InChI is InChI=1S/C17H26N2O/c1-18-14-11-16-3-2-4-17(12-14)19(16)15-7-5-13(6-8-15)9-10-20/h5-8,14,16-18,20H,2-4,9-12H2,1H3. The zero-order valence-electron chi connectivity index (χ0n) is 12.4. The molecule has 2 unspecified atom stereocenters. The Morgan fingerprint density at radius 2 is 1.80 bits per heavy atom. The average molecular weight is 274 g/mol. The molecule has 0 saturated carbocycles. The monoisotopic (exact) mass is 274 g/mol. The zero-order chi connectivity index (χ0) is 13.9. The van der Waals surface area contributed by atoms with Crippen molar-refractivity contribution >= 4 is 5.69 Å². The van der Waals surface area contributed by atoms with Crippen molar-refractivity contribution < 1.29 is 5.11 Å². The molecule has 0 spiro atoms. The minimum atomic E-state index is 0.234. The van der Waals surface area contributed by atoms with Crippen LogP contribution in [-0.4, -0.2) is 36.9 Å². The minimum absolute atomic E-state index is 0.234. The van der Waals surface area contributed by atoms with Crippen molar-refractivity contribution in [2.24, 2.45) is 0 Å². The van der Waals surface area contributed by atoms with Crippen molar-refractivity contribution in [1.29, 1.82) is 0 Å². The lowest BCUT2D eigenvalue weighted by molar-refractivity contribution is 0.252. The molecule has 0 aromatic heterocycles. The first kappa shape index (κ1) is 13.9. The number of hydrogen-bond donors (Lipinski definition) is 2. The Hall–Kier alpha value is -1.06. The van der Waals surface area contributed by atoms with Crippen molar-refractivity contribution in [2.45, 2.75) is 56.7 Å². The smallest absolute Gasteiger partial charge is 0.0471 e. The van der Waals surface area contributed by atoms with Crippen LogP contribution in [0.25, 0.3) is 0 Å². The number of aliphatic hydroxyl groups excluding tert-OH is 1. The van der Waals surface area contributed by atoms with Gasteiger partial charge in [0.2, 0.25) is 0 Å². The van der Waals surface area contributed by atoms with E-state index in [1.165, 1.54) is 43.4 Å². The molecule has 3 rings (SSSR count). The highest BCUT2D eigenvalue weighted by molar-refractivity contribution is 5.51. The fourth-order valence-electron chi connectivity index (χ4n) is 4.00. The summed E-state index contributed by atoms with van der Waals surface area (Å²) in [5.74, 6) is 0. The molecule has 1 aromatic rings. The summed E-state index contributed by atoms with van der Waals surface area (Å²) in [6, 6.07) is 10.9. The van der Waals surface area contributed by atoms with E-state index in [-0.39, 0.29) is 6.61 Å². The van der Waals surface area contributed by atoms with Gasteiger partial charge in [0.25, 0.3) is 0 Å². The van der Waals surface area contributed by atoms with Crippen molar-refractivity contribution in [3.05, 3.63) is 29.8 Å². The molecule has 0 aliphatic carbocycles. The third-order valence-corrected chi connectivity index (χ3v) is 5.02. The number of nitrogens with one attached hydrogen (secondary N) is 1. The molecule has 2 N–H and O–H groups in total. The third kappa shape index (κ3) is 2.70. The Morgan fingerprint density at radius 1 is 1.15 bits per heavy atom. The van der Waals surface area contributed by atoms with E-state index in [1.807, 2.05) is 0 Å². The normalized spacial score (nSPS) is 29.5. The second kappa shape index (κ2) is 6.15. The summed E-state index contributed by atoms with van der Waals surface area (Å²) in [4.78, 5) is 2.67. The van der Waals surface area contributed by atoms with Crippen LogP contribution in [0.2, 0.25) is 0 Å². The first-order valence-electron chi connectivity index (χ1n) is 7.97. The quantitative estimate of drug-likeness (QED) is 0.884. The third-order valence-electron chi connectivity index (χ3n) is 5.02. The largest absolute Gasteiger partial charge is 0.396 e. The van der Waals surface area contributed by atoms with Crippen LogP contribution in [0.4, 0.5) is 5.69 Å². The number of benzene rings is 1. The lowest BCUT2D eigenvalue weighted by Crippen LogP contribution is -2.56. The van der Waals surface area contributed by atoms with Gasteiger partial charge in [-0.25, -0.2) is 0 Å². The van der Waals surface area contributed by atoms with E-state index in [0.717, 1.165) is 6.42 Å². The van der Waals surface area contributed by atoms with Crippen LogP contribution in [0.5, 0.6) is 0 Å². The second-order valence-corrected chi connectivity index (χ2v) is 6.24. The number of hydrogen-bond acceptors (Lipinski definition) is 3. The summed E-state index contributed by atoms with van der Waals surface area (Å²) in [5, 5.41) is 12.5. The Kier molecular flexibility index (Phi) is 4.27. The minimum Gasteiger partial charge on any atom is -0.396 e. The van der Waals surface area contributed by atoms with E-state index >= 15 is 0 Å². The second-order valence-electron chi connectivity index (χ2n) is 6.24. The van der Waals surface area contributed by atoms with Crippen LogP contribution in [-0.2, 0) is 6.42 Å². The van der Waals surface area contributed by atoms with Gasteiger partial charge in [-0.05, 0) is 63.3 Å². The molecule has 2 fully saturated rings. The van der Waals surface area contributed by atoms with Gasteiger partial charge >= 0.3 is 0 Å². The van der Waals surface area contributed by atoms with Crippen LogP contribution >= 0.6 is 0 Å². The van der Waals surface area contributed by atoms with Crippen molar-refractivity contribution in [1.82, 2.24) is 5.32 Å². The van der Waals surface area contributed by atoms with E-state index in [4.69, 9.17) is 5.11 Å². The molecule has 20 heavy (non-hydrogen) atoms. The summed E-state index contributed by atoms with van der Waals surface area (Å²) < 4.78 is 0. The van der Waals surface area contributed by atoms with E-state index in [0.29, 0.717) is 18.1 Å². The van der Waals surface area contributed by atoms with Gasteiger partial charge in [-0.1, -0.05) is 12.1 Å². The molecular weight excluding hydrogens is 248 g/mol. The van der Waals surface area contributed by atoms with Crippen LogP contribution in [0.1, 0.15) is 37.7 Å². The maximum absolute atomic E-state index is 9.01. The molecule has 2 atom stereocenters.